The third-order valence-corrected chi connectivity index (χ3v) is 2.13. The van der Waals surface area contributed by atoms with Gasteiger partial charge in [-0.2, -0.15) is 0 Å². The minimum Gasteiger partial charge on any atom is -0.493 e. The molecular formula is C11H10O3. The standard InChI is InChI=1S/C11H10O3/c12-11(13)4-2-8-1-3-10-9(7-8)5-6-14-10/h1-4,7H,5-6H2,(H,12,13)/b4-2-. The van der Waals surface area contributed by atoms with Gasteiger partial charge in [-0.3, -0.25) is 0 Å². The fraction of sp³-hybridized carbons (Fsp3) is 0.182. The molecule has 14 heavy (non-hydrogen) atoms. The molecule has 0 atom stereocenters. The highest BCUT2D eigenvalue weighted by atomic mass is 16.5. The number of rotatable bonds is 2. The summed E-state index contributed by atoms with van der Waals surface area (Å²) in [5, 5.41) is 8.46. The van der Waals surface area contributed by atoms with Gasteiger partial charge in [-0.05, 0) is 29.3 Å². The summed E-state index contributed by atoms with van der Waals surface area (Å²) in [5.74, 6) is -0.0146. The maximum absolute atomic E-state index is 10.3. The fourth-order valence-corrected chi connectivity index (χ4v) is 1.48. The summed E-state index contributed by atoms with van der Waals surface area (Å²) >= 11 is 0. The Hall–Kier alpha value is -1.77. The number of benzene rings is 1. The minimum atomic E-state index is -0.929. The van der Waals surface area contributed by atoms with Crippen LogP contribution in [0.5, 0.6) is 5.75 Å². The van der Waals surface area contributed by atoms with E-state index in [1.54, 1.807) is 6.08 Å². The molecule has 1 heterocycles. The first-order chi connectivity index (χ1) is 6.75. The van der Waals surface area contributed by atoms with Crippen molar-refractivity contribution >= 4 is 12.0 Å². The fourth-order valence-electron chi connectivity index (χ4n) is 1.48. The molecule has 1 aliphatic heterocycles. The van der Waals surface area contributed by atoms with Crippen molar-refractivity contribution in [1.29, 1.82) is 0 Å². The molecule has 0 spiro atoms. The number of ether oxygens (including phenoxy) is 1. The van der Waals surface area contributed by atoms with Gasteiger partial charge in [-0.15, -0.1) is 0 Å². The second-order valence-electron chi connectivity index (χ2n) is 3.14. The lowest BCUT2D eigenvalue weighted by Gasteiger charge is -1.98. The summed E-state index contributed by atoms with van der Waals surface area (Å²) in [4.78, 5) is 10.3. The van der Waals surface area contributed by atoms with Crippen LogP contribution in [0.3, 0.4) is 0 Å². The van der Waals surface area contributed by atoms with Gasteiger partial charge in [0.1, 0.15) is 5.75 Å². The Kier molecular flexibility index (Phi) is 2.23. The highest BCUT2D eigenvalue weighted by Gasteiger charge is 2.10. The third kappa shape index (κ3) is 1.76. The summed E-state index contributed by atoms with van der Waals surface area (Å²) in [7, 11) is 0. The average molecular weight is 190 g/mol. The lowest BCUT2D eigenvalue weighted by atomic mass is 10.1. The Balaban J connectivity index is 2.25. The SMILES string of the molecule is O=C(O)/C=C\c1ccc2c(c1)CCO2. The molecule has 3 heteroatoms. The van der Waals surface area contributed by atoms with Crippen LogP contribution in [0.1, 0.15) is 11.1 Å². The van der Waals surface area contributed by atoms with Crippen molar-refractivity contribution in [3.05, 3.63) is 35.4 Å². The van der Waals surface area contributed by atoms with E-state index in [4.69, 9.17) is 9.84 Å². The summed E-state index contributed by atoms with van der Waals surface area (Å²) in [6.07, 6.45) is 3.63. The van der Waals surface area contributed by atoms with Crippen LogP contribution in [-0.2, 0) is 11.2 Å². The van der Waals surface area contributed by atoms with Crippen LogP contribution >= 0.6 is 0 Å². The van der Waals surface area contributed by atoms with Gasteiger partial charge >= 0.3 is 5.97 Å². The van der Waals surface area contributed by atoms with Crippen molar-refractivity contribution in [3.63, 3.8) is 0 Å². The van der Waals surface area contributed by atoms with Gasteiger partial charge in [0.25, 0.3) is 0 Å². The highest BCUT2D eigenvalue weighted by molar-refractivity contribution is 5.85. The Labute approximate surface area is 81.6 Å². The molecule has 0 fully saturated rings. The summed E-state index contributed by atoms with van der Waals surface area (Å²) in [5.41, 5.74) is 2.05. The molecule has 0 bridgehead atoms. The number of hydrogen-bond donors (Lipinski definition) is 1. The summed E-state index contributed by atoms with van der Waals surface area (Å²) < 4.78 is 5.34. The molecule has 0 unspecified atom stereocenters. The second-order valence-corrected chi connectivity index (χ2v) is 3.14. The topological polar surface area (TPSA) is 46.5 Å². The number of carbonyl (C=O) groups is 1. The summed E-state index contributed by atoms with van der Waals surface area (Å²) in [6, 6.07) is 5.69. The minimum absolute atomic E-state index is 0.724. The van der Waals surface area contributed by atoms with Crippen LogP contribution in [0.15, 0.2) is 24.3 Å². The van der Waals surface area contributed by atoms with Crippen LogP contribution in [0.25, 0.3) is 6.08 Å². The molecule has 1 aromatic carbocycles. The predicted molar refractivity (Wildman–Crippen MR) is 52.3 cm³/mol. The molecule has 0 aromatic heterocycles. The van der Waals surface area contributed by atoms with Crippen molar-refractivity contribution in [2.24, 2.45) is 0 Å². The van der Waals surface area contributed by atoms with E-state index in [1.807, 2.05) is 18.2 Å². The number of hydrogen-bond acceptors (Lipinski definition) is 2. The largest absolute Gasteiger partial charge is 0.493 e. The maximum atomic E-state index is 10.3. The van der Waals surface area contributed by atoms with E-state index >= 15 is 0 Å². The Morgan fingerprint density at radius 3 is 3.14 bits per heavy atom. The van der Waals surface area contributed by atoms with E-state index < -0.39 is 5.97 Å². The molecule has 0 saturated heterocycles. The average Bonchev–Trinajstić information content (AvgIpc) is 2.61. The lowest BCUT2D eigenvalue weighted by molar-refractivity contribution is -0.131. The monoisotopic (exact) mass is 190 g/mol. The molecule has 0 radical (unpaired) electrons. The maximum Gasteiger partial charge on any atom is 0.328 e. The Morgan fingerprint density at radius 1 is 1.50 bits per heavy atom. The van der Waals surface area contributed by atoms with Crippen molar-refractivity contribution in [3.8, 4) is 5.75 Å². The normalized spacial score (nSPS) is 14.0. The number of carboxylic acid groups (broad SMARTS) is 1. The molecule has 1 aromatic rings. The first-order valence-electron chi connectivity index (χ1n) is 4.42. The van der Waals surface area contributed by atoms with Gasteiger partial charge in [0, 0.05) is 12.5 Å². The van der Waals surface area contributed by atoms with Crippen LogP contribution in [0.2, 0.25) is 0 Å². The second kappa shape index (κ2) is 3.54. The molecule has 3 nitrogen and oxygen atoms in total. The number of aliphatic carboxylic acids is 1. The Morgan fingerprint density at radius 2 is 2.36 bits per heavy atom. The molecule has 1 N–H and O–H groups in total. The van der Waals surface area contributed by atoms with Gasteiger partial charge < -0.3 is 9.84 Å². The highest BCUT2D eigenvalue weighted by Crippen LogP contribution is 2.26. The first kappa shape index (κ1) is 8.81. The van der Waals surface area contributed by atoms with E-state index in [1.165, 1.54) is 0 Å². The van der Waals surface area contributed by atoms with Gasteiger partial charge in [-0.25, -0.2) is 4.79 Å². The van der Waals surface area contributed by atoms with E-state index in [9.17, 15) is 4.79 Å². The lowest BCUT2D eigenvalue weighted by Crippen LogP contribution is -1.86. The van der Waals surface area contributed by atoms with Crippen molar-refractivity contribution in [2.75, 3.05) is 6.61 Å². The van der Waals surface area contributed by atoms with Gasteiger partial charge in [0.05, 0.1) is 6.61 Å². The zero-order chi connectivity index (χ0) is 9.97. The van der Waals surface area contributed by atoms with Crippen LogP contribution < -0.4 is 4.74 Å². The quantitative estimate of drug-likeness (QED) is 0.722. The van der Waals surface area contributed by atoms with Crippen molar-refractivity contribution in [2.45, 2.75) is 6.42 Å². The molecule has 0 aliphatic carbocycles. The number of fused-ring (bicyclic) bond motifs is 1. The van der Waals surface area contributed by atoms with E-state index in [-0.39, 0.29) is 0 Å². The third-order valence-electron chi connectivity index (χ3n) is 2.13. The molecule has 1 aliphatic rings. The zero-order valence-corrected chi connectivity index (χ0v) is 7.56. The molecule has 0 saturated carbocycles. The van der Waals surface area contributed by atoms with E-state index in [0.717, 1.165) is 36.0 Å². The molecular weight excluding hydrogens is 180 g/mol. The van der Waals surface area contributed by atoms with Crippen LogP contribution in [-0.4, -0.2) is 17.7 Å². The van der Waals surface area contributed by atoms with Gasteiger partial charge in [0.2, 0.25) is 0 Å². The smallest absolute Gasteiger partial charge is 0.328 e. The first-order valence-corrected chi connectivity index (χ1v) is 4.42. The number of carboxylic acids is 1. The summed E-state index contributed by atoms with van der Waals surface area (Å²) in [6.45, 7) is 0.724. The predicted octanol–water partition coefficient (Wildman–Crippen LogP) is 1.72. The Bertz CT molecular complexity index is 394. The van der Waals surface area contributed by atoms with Crippen LogP contribution in [0, 0.1) is 0 Å². The van der Waals surface area contributed by atoms with Crippen molar-refractivity contribution < 1.29 is 14.6 Å². The van der Waals surface area contributed by atoms with Crippen molar-refractivity contribution in [1.82, 2.24) is 0 Å². The van der Waals surface area contributed by atoms with E-state index in [2.05, 4.69) is 0 Å². The molecule has 72 valence electrons. The van der Waals surface area contributed by atoms with Crippen LogP contribution in [0.4, 0.5) is 0 Å². The zero-order valence-electron chi connectivity index (χ0n) is 7.56. The van der Waals surface area contributed by atoms with E-state index in [0.29, 0.717) is 0 Å². The van der Waals surface area contributed by atoms with Gasteiger partial charge in [-0.1, -0.05) is 6.07 Å². The molecule has 0 amide bonds. The van der Waals surface area contributed by atoms with Gasteiger partial charge in [0.15, 0.2) is 0 Å². The molecule has 2 rings (SSSR count).